The van der Waals surface area contributed by atoms with Crippen LogP contribution in [0.5, 0.6) is 5.75 Å². The van der Waals surface area contributed by atoms with Gasteiger partial charge in [-0.3, -0.25) is 9.59 Å². The molecule has 2 aliphatic heterocycles. The maximum atomic E-state index is 15.0. The number of allylic oxidation sites excluding steroid dienone is 3. The van der Waals surface area contributed by atoms with Crippen molar-refractivity contribution in [1.82, 2.24) is 4.98 Å². The molecule has 1 aromatic heterocycles. The third-order valence-corrected chi connectivity index (χ3v) is 15.6. The Kier molecular flexibility index (Phi) is 11.0. The van der Waals surface area contributed by atoms with Gasteiger partial charge in [-0.2, -0.15) is 0 Å². The van der Waals surface area contributed by atoms with E-state index >= 15 is 4.79 Å². The second-order valence-electron chi connectivity index (χ2n) is 15.3. The molecule has 52 heavy (non-hydrogen) atoms. The summed E-state index contributed by atoms with van der Waals surface area (Å²) in [4.78, 5) is 33.6. The van der Waals surface area contributed by atoms with Crippen molar-refractivity contribution < 1.29 is 24.2 Å². The molecule has 3 N–H and O–H groups in total. The van der Waals surface area contributed by atoms with Crippen LogP contribution in [0.15, 0.2) is 96.2 Å². The Hall–Kier alpha value is -4.44. The van der Waals surface area contributed by atoms with E-state index in [1.165, 1.54) is 16.3 Å². The fraction of sp³-hybridized carbons (Fsp3) is 0.395. The zero-order chi connectivity index (χ0) is 37.2. The van der Waals surface area contributed by atoms with Crippen LogP contribution in [0.2, 0.25) is 18.6 Å². The van der Waals surface area contributed by atoms with Gasteiger partial charge in [0.05, 0.1) is 33.4 Å². The molecule has 0 bridgehead atoms. The van der Waals surface area contributed by atoms with Crippen molar-refractivity contribution >= 4 is 47.4 Å². The Balaban J connectivity index is 1.37. The summed E-state index contributed by atoms with van der Waals surface area (Å²) >= 11 is 0. The molecule has 6 rings (SSSR count). The fourth-order valence-corrected chi connectivity index (χ4v) is 12.6. The lowest BCUT2D eigenvalue weighted by molar-refractivity contribution is -0.146. The van der Waals surface area contributed by atoms with Gasteiger partial charge in [0, 0.05) is 47.4 Å². The second-order valence-corrected chi connectivity index (χ2v) is 20.0. The topological polar surface area (TPSA) is 104 Å². The van der Waals surface area contributed by atoms with Crippen LogP contribution in [0, 0.1) is 5.92 Å². The second kappa shape index (κ2) is 15.3. The van der Waals surface area contributed by atoms with Crippen molar-refractivity contribution in [3.05, 3.63) is 107 Å². The fourth-order valence-electron chi connectivity index (χ4n) is 8.56. The normalized spacial score (nSPS) is 21.5. The standard InChI is InChI=1S/C43H53N3O5Si/c1-28(2)11-10-12-29(3)21-23-46-38-20-15-32(45-40(48)25-31-27-44-37-14-9-8-13-35(31)37)26-36(38)43(42(46)49)30(4)41(39(51-43)22-24-47)52(6,7)34-18-16-33(50-5)17-19-34/h8-9,11,13-21,26-27,30,39,41,44,47H,10,12,22-25H2,1-7H3,(H,45,48)/b29-21+/t30-,39+,41-,43+/m0/s1. The molecule has 3 heterocycles. The van der Waals surface area contributed by atoms with Crippen LogP contribution in [0.25, 0.3) is 10.9 Å². The number of para-hydroxylation sites is 1. The van der Waals surface area contributed by atoms with Gasteiger partial charge in [0.15, 0.2) is 5.60 Å². The van der Waals surface area contributed by atoms with Crippen molar-refractivity contribution in [1.29, 1.82) is 0 Å². The molecule has 2 amide bonds. The number of ether oxygens (including phenoxy) is 2. The number of anilines is 2. The largest absolute Gasteiger partial charge is 0.497 e. The van der Waals surface area contributed by atoms with Gasteiger partial charge in [0.2, 0.25) is 5.91 Å². The number of benzene rings is 3. The summed E-state index contributed by atoms with van der Waals surface area (Å²) in [5.74, 6) is 0.366. The van der Waals surface area contributed by atoms with Crippen molar-refractivity contribution in [3.8, 4) is 5.75 Å². The first kappa shape index (κ1) is 37.3. The van der Waals surface area contributed by atoms with E-state index in [4.69, 9.17) is 9.47 Å². The van der Waals surface area contributed by atoms with E-state index in [0.29, 0.717) is 18.7 Å². The number of hydrogen-bond donors (Lipinski definition) is 3. The summed E-state index contributed by atoms with van der Waals surface area (Å²) in [6, 6.07) is 22.0. The molecule has 8 nitrogen and oxygen atoms in total. The van der Waals surface area contributed by atoms with E-state index in [0.717, 1.165) is 46.3 Å². The van der Waals surface area contributed by atoms with E-state index < -0.39 is 13.7 Å². The number of aliphatic hydroxyl groups excluding tert-OH is 1. The quantitative estimate of drug-likeness (QED) is 0.0961. The molecular weight excluding hydrogens is 667 g/mol. The monoisotopic (exact) mass is 719 g/mol. The Morgan fingerprint density at radius 2 is 1.83 bits per heavy atom. The van der Waals surface area contributed by atoms with Crippen LogP contribution >= 0.6 is 0 Å². The molecule has 274 valence electrons. The van der Waals surface area contributed by atoms with Crippen molar-refractivity contribution in [2.75, 3.05) is 30.5 Å². The predicted octanol–water partition coefficient (Wildman–Crippen LogP) is 8.00. The Morgan fingerprint density at radius 1 is 1.08 bits per heavy atom. The van der Waals surface area contributed by atoms with Gasteiger partial charge in [0.1, 0.15) is 5.75 Å². The summed E-state index contributed by atoms with van der Waals surface area (Å²) in [5, 5.41) is 15.7. The highest BCUT2D eigenvalue weighted by Crippen LogP contribution is 2.60. The molecule has 3 aromatic carbocycles. The van der Waals surface area contributed by atoms with Gasteiger partial charge < -0.3 is 29.8 Å². The molecule has 2 aliphatic rings. The number of amides is 2. The molecule has 0 saturated carbocycles. The summed E-state index contributed by atoms with van der Waals surface area (Å²) in [7, 11) is -0.658. The van der Waals surface area contributed by atoms with Gasteiger partial charge in [-0.1, -0.05) is 78.8 Å². The summed E-state index contributed by atoms with van der Waals surface area (Å²) in [6.07, 6.45) is 8.45. The lowest BCUT2D eigenvalue weighted by atomic mass is 9.82. The highest BCUT2D eigenvalue weighted by molar-refractivity contribution is 6.91. The molecule has 9 heteroatoms. The third kappa shape index (κ3) is 7.01. The van der Waals surface area contributed by atoms with Crippen LogP contribution in [0.1, 0.15) is 58.1 Å². The first-order chi connectivity index (χ1) is 24.9. The lowest BCUT2D eigenvalue weighted by Gasteiger charge is -2.37. The maximum Gasteiger partial charge on any atom is 0.264 e. The number of hydrogen-bond acceptors (Lipinski definition) is 5. The highest BCUT2D eigenvalue weighted by atomic mass is 28.3. The third-order valence-electron chi connectivity index (χ3n) is 11.3. The molecule has 4 aromatic rings. The van der Waals surface area contributed by atoms with Crippen molar-refractivity contribution in [2.24, 2.45) is 5.92 Å². The van der Waals surface area contributed by atoms with E-state index in [1.54, 1.807) is 7.11 Å². The first-order valence-electron chi connectivity index (χ1n) is 18.4. The number of nitrogens with zero attached hydrogens (tertiary/aromatic N) is 1. The maximum absolute atomic E-state index is 15.0. The summed E-state index contributed by atoms with van der Waals surface area (Å²) in [6.45, 7) is 13.5. The Bertz CT molecular complexity index is 1990. The molecule has 0 unspecified atom stereocenters. The Labute approximate surface area is 308 Å². The van der Waals surface area contributed by atoms with Gasteiger partial charge in [-0.05, 0) is 87.5 Å². The van der Waals surface area contributed by atoms with Gasteiger partial charge in [-0.25, -0.2) is 0 Å². The van der Waals surface area contributed by atoms with E-state index in [2.05, 4.69) is 75.4 Å². The van der Waals surface area contributed by atoms with Crippen LogP contribution in [-0.2, 0) is 26.3 Å². The van der Waals surface area contributed by atoms with Crippen molar-refractivity contribution in [3.63, 3.8) is 0 Å². The zero-order valence-corrected chi connectivity index (χ0v) is 32.6. The molecule has 1 fully saturated rings. The van der Waals surface area contributed by atoms with Gasteiger partial charge >= 0.3 is 0 Å². The van der Waals surface area contributed by atoms with Gasteiger partial charge in [-0.15, -0.1) is 0 Å². The number of aromatic nitrogens is 1. The van der Waals surface area contributed by atoms with E-state index in [9.17, 15) is 9.90 Å². The number of aliphatic hydroxyl groups is 1. The summed E-state index contributed by atoms with van der Waals surface area (Å²) < 4.78 is 12.6. The van der Waals surface area contributed by atoms with Crippen LogP contribution < -0.4 is 20.1 Å². The Morgan fingerprint density at radius 3 is 2.54 bits per heavy atom. The minimum Gasteiger partial charge on any atom is -0.497 e. The minimum absolute atomic E-state index is 0.0197. The number of rotatable bonds is 13. The molecule has 1 saturated heterocycles. The van der Waals surface area contributed by atoms with Crippen LogP contribution in [0.3, 0.4) is 0 Å². The van der Waals surface area contributed by atoms with Crippen molar-refractivity contribution in [2.45, 2.75) is 83.7 Å². The number of carbonyl (C=O) groups is 2. The van der Waals surface area contributed by atoms with Crippen LogP contribution in [-0.4, -0.2) is 56.3 Å². The lowest BCUT2D eigenvalue weighted by Crippen LogP contribution is -2.51. The van der Waals surface area contributed by atoms with Gasteiger partial charge in [0.25, 0.3) is 5.91 Å². The van der Waals surface area contributed by atoms with E-state index in [-0.39, 0.29) is 42.4 Å². The smallest absolute Gasteiger partial charge is 0.264 e. The molecule has 0 aliphatic carbocycles. The average Bonchev–Trinajstić information content (AvgIpc) is 3.73. The number of carbonyl (C=O) groups excluding carboxylic acids is 2. The number of methoxy groups -OCH3 is 1. The zero-order valence-electron chi connectivity index (χ0n) is 31.6. The average molecular weight is 720 g/mol. The van der Waals surface area contributed by atoms with Crippen LogP contribution in [0.4, 0.5) is 11.4 Å². The number of nitrogens with one attached hydrogen (secondary N) is 2. The van der Waals surface area contributed by atoms with E-state index in [1.807, 2.05) is 65.7 Å². The first-order valence-corrected chi connectivity index (χ1v) is 21.5. The number of aromatic amines is 1. The SMILES string of the molecule is COc1ccc([Si](C)(C)[C@@H]2[C@@H](CCO)O[C@]3(C(=O)N(C/C=C(\C)CCC=C(C)C)c4ccc(NC(=O)Cc5c[nH]c6ccccc56)cc43)[C@H]2C)cc1. The summed E-state index contributed by atoms with van der Waals surface area (Å²) in [5.41, 5.74) is 5.38. The molecule has 4 atom stereocenters. The molecule has 0 radical (unpaired) electrons. The number of H-pyrrole nitrogens is 1. The minimum atomic E-state index is -2.32. The molecular formula is C43H53N3O5Si. The predicted molar refractivity (Wildman–Crippen MR) is 213 cm³/mol. The molecule has 1 spiro atoms. The number of fused-ring (bicyclic) bond motifs is 3. The highest BCUT2D eigenvalue weighted by Gasteiger charge is 2.66.